The van der Waals surface area contributed by atoms with Crippen molar-refractivity contribution in [3.63, 3.8) is 0 Å². The molecule has 3 aliphatic heterocycles. The number of rotatable bonds is 3. The lowest BCUT2D eigenvalue weighted by atomic mass is 9.93. The maximum absolute atomic E-state index is 12.9. The lowest BCUT2D eigenvalue weighted by Gasteiger charge is -2.41. The summed E-state index contributed by atoms with van der Waals surface area (Å²) in [6.45, 7) is 2.93. The molecule has 0 aromatic carbocycles. The van der Waals surface area contributed by atoms with Gasteiger partial charge < -0.3 is 14.7 Å². The number of carbonyl (C=O) groups is 1. The van der Waals surface area contributed by atoms with Crippen LogP contribution >= 0.6 is 0 Å². The second-order valence-corrected chi connectivity index (χ2v) is 8.61. The maximum Gasteiger partial charge on any atom is 0.393 e. The molecule has 0 bridgehead atoms. The number of aromatic amines is 1. The molecule has 3 saturated heterocycles. The molecule has 8 nitrogen and oxygen atoms in total. The van der Waals surface area contributed by atoms with Crippen molar-refractivity contribution < 1.29 is 18.0 Å². The molecule has 31 heavy (non-hydrogen) atoms. The van der Waals surface area contributed by atoms with Crippen LogP contribution in [0.15, 0.2) is 24.7 Å². The number of anilines is 1. The van der Waals surface area contributed by atoms with E-state index >= 15 is 0 Å². The van der Waals surface area contributed by atoms with Crippen LogP contribution in [-0.4, -0.2) is 81.4 Å². The Kier molecular flexibility index (Phi) is 4.98. The summed E-state index contributed by atoms with van der Waals surface area (Å²) >= 11 is 0. The standard InChI is InChI=1S/C20H24F3N7O/c21-20(22,23)16-4-6-28(11-16)17-2-1-13(7-24-17)15-9-30(10-15)19(31)29-5-3-14(8-29)18-25-12-26-27-18/h1-2,7,12,14-16H,3-6,8-11H2,(H,25,26,27)/t14-,16-/m0/s1. The van der Waals surface area contributed by atoms with Crippen LogP contribution in [-0.2, 0) is 0 Å². The minimum absolute atomic E-state index is 0.0353. The number of hydrogen-bond donors (Lipinski definition) is 1. The van der Waals surface area contributed by atoms with Crippen molar-refractivity contribution in [2.24, 2.45) is 5.92 Å². The molecule has 2 amide bonds. The highest BCUT2D eigenvalue weighted by atomic mass is 19.4. The van der Waals surface area contributed by atoms with Gasteiger partial charge in [-0.05, 0) is 24.5 Å². The van der Waals surface area contributed by atoms with E-state index in [2.05, 4.69) is 20.2 Å². The first-order valence-corrected chi connectivity index (χ1v) is 10.5. The average Bonchev–Trinajstić information content (AvgIpc) is 3.47. The highest BCUT2D eigenvalue weighted by Crippen LogP contribution is 2.36. The van der Waals surface area contributed by atoms with Crippen LogP contribution in [0.25, 0.3) is 0 Å². The molecule has 0 spiro atoms. The van der Waals surface area contributed by atoms with E-state index in [0.29, 0.717) is 38.5 Å². The van der Waals surface area contributed by atoms with Gasteiger partial charge in [-0.25, -0.2) is 14.8 Å². The lowest BCUT2D eigenvalue weighted by Crippen LogP contribution is -2.53. The lowest BCUT2D eigenvalue weighted by molar-refractivity contribution is -0.168. The molecule has 3 fully saturated rings. The van der Waals surface area contributed by atoms with Gasteiger partial charge in [-0.3, -0.25) is 5.10 Å². The number of likely N-dealkylation sites (tertiary alicyclic amines) is 2. The maximum atomic E-state index is 12.9. The predicted octanol–water partition coefficient (Wildman–Crippen LogP) is 2.60. The summed E-state index contributed by atoms with van der Waals surface area (Å²) in [6.07, 6.45) is 0.0482. The van der Waals surface area contributed by atoms with Gasteiger partial charge in [0.05, 0.1) is 5.92 Å². The summed E-state index contributed by atoms with van der Waals surface area (Å²) < 4.78 is 38.7. The van der Waals surface area contributed by atoms with E-state index in [1.54, 1.807) is 17.2 Å². The van der Waals surface area contributed by atoms with Crippen LogP contribution in [0, 0.1) is 5.92 Å². The summed E-state index contributed by atoms with van der Waals surface area (Å²) in [5.74, 6) is 0.526. The molecule has 2 aromatic rings. The minimum atomic E-state index is -4.15. The number of nitrogens with zero attached hydrogens (tertiary/aromatic N) is 6. The first-order valence-electron chi connectivity index (χ1n) is 10.5. The third kappa shape index (κ3) is 3.92. The summed E-state index contributed by atoms with van der Waals surface area (Å²) in [4.78, 5) is 26.7. The quantitative estimate of drug-likeness (QED) is 0.802. The fourth-order valence-electron chi connectivity index (χ4n) is 4.68. The Balaban J connectivity index is 1.12. The molecule has 11 heteroatoms. The Morgan fingerprint density at radius 1 is 1.00 bits per heavy atom. The number of alkyl halides is 3. The SMILES string of the molecule is O=C(N1CC(c2ccc(N3CC[C@H](C(F)(F)F)C3)nc2)C1)N1CC[C@H](c2ncn[nH]2)C1. The Bertz CT molecular complexity index is 912. The minimum Gasteiger partial charge on any atom is -0.356 e. The molecule has 3 aliphatic rings. The topological polar surface area (TPSA) is 81.2 Å². The number of H-pyrrole nitrogens is 1. The fourth-order valence-corrected chi connectivity index (χ4v) is 4.68. The summed E-state index contributed by atoms with van der Waals surface area (Å²) in [5.41, 5.74) is 1.01. The molecule has 0 aliphatic carbocycles. The Morgan fingerprint density at radius 2 is 1.81 bits per heavy atom. The second-order valence-electron chi connectivity index (χ2n) is 8.61. The molecule has 2 aromatic heterocycles. The summed E-state index contributed by atoms with van der Waals surface area (Å²) in [5, 5.41) is 6.76. The molecule has 0 radical (unpaired) electrons. The van der Waals surface area contributed by atoms with Crippen LogP contribution in [0.2, 0.25) is 0 Å². The smallest absolute Gasteiger partial charge is 0.356 e. The van der Waals surface area contributed by atoms with Crippen molar-refractivity contribution in [1.82, 2.24) is 30.0 Å². The number of halogens is 3. The monoisotopic (exact) mass is 435 g/mol. The van der Waals surface area contributed by atoms with Gasteiger partial charge in [-0.1, -0.05) is 6.07 Å². The van der Waals surface area contributed by atoms with Crippen LogP contribution in [0.1, 0.15) is 36.1 Å². The van der Waals surface area contributed by atoms with Gasteiger partial charge in [-0.2, -0.15) is 18.3 Å². The van der Waals surface area contributed by atoms with E-state index in [9.17, 15) is 18.0 Å². The summed E-state index contributed by atoms with van der Waals surface area (Å²) in [6, 6.07) is 3.75. The summed E-state index contributed by atoms with van der Waals surface area (Å²) in [7, 11) is 0. The number of hydrogen-bond acceptors (Lipinski definition) is 5. The van der Waals surface area contributed by atoms with Gasteiger partial charge >= 0.3 is 12.2 Å². The number of carbonyl (C=O) groups excluding carboxylic acids is 1. The van der Waals surface area contributed by atoms with E-state index in [4.69, 9.17) is 0 Å². The molecule has 2 atom stereocenters. The zero-order valence-corrected chi connectivity index (χ0v) is 16.9. The normalized spacial score (nSPS) is 24.7. The van der Waals surface area contributed by atoms with E-state index < -0.39 is 12.1 Å². The zero-order valence-electron chi connectivity index (χ0n) is 16.9. The largest absolute Gasteiger partial charge is 0.393 e. The molecule has 0 saturated carbocycles. The van der Waals surface area contributed by atoms with Crippen LogP contribution < -0.4 is 4.90 Å². The van der Waals surface area contributed by atoms with Crippen LogP contribution in [0.5, 0.6) is 0 Å². The van der Waals surface area contributed by atoms with Gasteiger partial charge in [0.2, 0.25) is 0 Å². The van der Waals surface area contributed by atoms with E-state index in [1.165, 1.54) is 6.33 Å². The average molecular weight is 435 g/mol. The van der Waals surface area contributed by atoms with Crippen molar-refractivity contribution in [3.8, 4) is 0 Å². The number of urea groups is 1. The van der Waals surface area contributed by atoms with E-state index in [0.717, 1.165) is 17.8 Å². The first-order chi connectivity index (χ1) is 14.9. The first kappa shape index (κ1) is 20.1. The molecule has 5 rings (SSSR count). The molecule has 0 unspecified atom stereocenters. The van der Waals surface area contributed by atoms with Crippen molar-refractivity contribution in [2.75, 3.05) is 44.2 Å². The third-order valence-electron chi connectivity index (χ3n) is 6.65. The number of amides is 2. The number of aromatic nitrogens is 4. The zero-order chi connectivity index (χ0) is 21.6. The fraction of sp³-hybridized carbons (Fsp3) is 0.600. The number of pyridine rings is 1. The van der Waals surface area contributed by atoms with Crippen LogP contribution in [0.4, 0.5) is 23.8 Å². The van der Waals surface area contributed by atoms with Crippen molar-refractivity contribution in [1.29, 1.82) is 0 Å². The Labute approximate surface area is 177 Å². The van der Waals surface area contributed by atoms with Gasteiger partial charge in [0, 0.05) is 57.3 Å². The van der Waals surface area contributed by atoms with E-state index in [-0.39, 0.29) is 30.8 Å². The van der Waals surface area contributed by atoms with Gasteiger partial charge in [-0.15, -0.1) is 0 Å². The Morgan fingerprint density at radius 3 is 2.45 bits per heavy atom. The van der Waals surface area contributed by atoms with Crippen LogP contribution in [0.3, 0.4) is 0 Å². The molecular weight excluding hydrogens is 411 g/mol. The highest BCUT2D eigenvalue weighted by Gasteiger charge is 2.44. The molecule has 1 N–H and O–H groups in total. The van der Waals surface area contributed by atoms with Crippen molar-refractivity contribution in [3.05, 3.63) is 36.0 Å². The second kappa shape index (κ2) is 7.69. The van der Waals surface area contributed by atoms with Gasteiger partial charge in [0.1, 0.15) is 18.0 Å². The molecular formula is C20H24F3N7O. The van der Waals surface area contributed by atoms with Crippen molar-refractivity contribution >= 4 is 11.8 Å². The highest BCUT2D eigenvalue weighted by molar-refractivity contribution is 5.76. The Hall–Kier alpha value is -2.85. The van der Waals surface area contributed by atoms with E-state index in [1.807, 2.05) is 15.9 Å². The molecule has 5 heterocycles. The predicted molar refractivity (Wildman–Crippen MR) is 106 cm³/mol. The van der Waals surface area contributed by atoms with Gasteiger partial charge in [0.15, 0.2) is 0 Å². The third-order valence-corrected chi connectivity index (χ3v) is 6.65. The number of nitrogens with one attached hydrogen (secondary N) is 1. The van der Waals surface area contributed by atoms with Crippen molar-refractivity contribution in [2.45, 2.75) is 30.9 Å². The molecule has 166 valence electrons. The van der Waals surface area contributed by atoms with Gasteiger partial charge in [0.25, 0.3) is 0 Å².